The van der Waals surface area contributed by atoms with Gasteiger partial charge in [-0.1, -0.05) is 24.1 Å². The number of hydrogen-bond acceptors (Lipinski definition) is 4. The number of esters is 2. The van der Waals surface area contributed by atoms with Gasteiger partial charge in [-0.05, 0) is 24.5 Å². The van der Waals surface area contributed by atoms with Crippen molar-refractivity contribution >= 4 is 11.9 Å². The minimum Gasteiger partial charge on any atom is -0.468 e. The minimum atomic E-state index is -1.45. The molecule has 0 fully saturated rings. The van der Waals surface area contributed by atoms with Crippen molar-refractivity contribution < 1.29 is 19.1 Å². The number of carbonyl (C=O) groups is 2. The van der Waals surface area contributed by atoms with Crippen molar-refractivity contribution in [3.63, 3.8) is 0 Å². The van der Waals surface area contributed by atoms with Crippen LogP contribution in [0.1, 0.15) is 30.4 Å². The molecule has 0 aromatic heterocycles. The molecule has 4 nitrogen and oxygen atoms in total. The van der Waals surface area contributed by atoms with Crippen molar-refractivity contribution in [2.45, 2.75) is 25.7 Å². The van der Waals surface area contributed by atoms with Crippen LogP contribution in [0.15, 0.2) is 24.3 Å². The summed E-state index contributed by atoms with van der Waals surface area (Å²) >= 11 is 0. The number of methoxy groups -OCH3 is 2. The van der Waals surface area contributed by atoms with Crippen LogP contribution in [0.25, 0.3) is 0 Å². The Morgan fingerprint density at radius 3 is 2.26 bits per heavy atom. The lowest BCUT2D eigenvalue weighted by molar-refractivity contribution is -0.169. The average molecular weight is 312 g/mol. The van der Waals surface area contributed by atoms with Gasteiger partial charge in [0.1, 0.15) is 0 Å². The summed E-state index contributed by atoms with van der Waals surface area (Å²) in [5.74, 6) is 3.78. The Hall–Kier alpha value is -2.72. The molecule has 4 heteroatoms. The van der Waals surface area contributed by atoms with Crippen molar-refractivity contribution in [3.8, 4) is 24.7 Å². The van der Waals surface area contributed by atoms with Crippen LogP contribution in [0.2, 0.25) is 0 Å². The van der Waals surface area contributed by atoms with Gasteiger partial charge in [-0.3, -0.25) is 9.59 Å². The number of unbranched alkanes of at least 4 members (excludes halogenated alkanes) is 1. The molecule has 120 valence electrons. The second-order valence-electron chi connectivity index (χ2n) is 5.10. The highest BCUT2D eigenvalue weighted by Gasteiger charge is 2.48. The maximum atomic E-state index is 12.4. The third kappa shape index (κ3) is 4.14. The Morgan fingerprint density at radius 1 is 1.13 bits per heavy atom. The van der Waals surface area contributed by atoms with E-state index in [1.165, 1.54) is 14.2 Å². The van der Waals surface area contributed by atoms with Crippen LogP contribution in [-0.4, -0.2) is 26.2 Å². The molecule has 0 saturated heterocycles. The summed E-state index contributed by atoms with van der Waals surface area (Å²) in [5, 5.41) is 0. The molecule has 0 spiro atoms. The van der Waals surface area contributed by atoms with Gasteiger partial charge in [0.2, 0.25) is 0 Å². The molecule has 0 heterocycles. The van der Waals surface area contributed by atoms with Gasteiger partial charge < -0.3 is 9.47 Å². The normalized spacial score (nSPS) is 10.3. The highest BCUT2D eigenvalue weighted by molar-refractivity contribution is 6.00. The molecule has 0 N–H and O–H groups in total. The molecule has 0 atom stereocenters. The van der Waals surface area contributed by atoms with Gasteiger partial charge in [0.25, 0.3) is 0 Å². The van der Waals surface area contributed by atoms with Crippen molar-refractivity contribution in [1.82, 2.24) is 0 Å². The van der Waals surface area contributed by atoms with E-state index in [0.717, 1.165) is 0 Å². The first-order valence-electron chi connectivity index (χ1n) is 7.20. The fourth-order valence-electron chi connectivity index (χ4n) is 2.54. The molecule has 1 aromatic carbocycles. The second-order valence-corrected chi connectivity index (χ2v) is 5.10. The highest BCUT2D eigenvalue weighted by atomic mass is 16.5. The monoisotopic (exact) mass is 312 g/mol. The smallest absolute Gasteiger partial charge is 0.323 e. The van der Waals surface area contributed by atoms with Gasteiger partial charge in [0.15, 0.2) is 5.41 Å². The molecule has 0 aliphatic rings. The van der Waals surface area contributed by atoms with Crippen molar-refractivity contribution in [3.05, 3.63) is 35.4 Å². The lowest BCUT2D eigenvalue weighted by Crippen LogP contribution is -2.43. The summed E-state index contributed by atoms with van der Waals surface area (Å²) in [4.78, 5) is 24.8. The number of carbonyl (C=O) groups excluding carboxylic acids is 2. The first-order valence-corrected chi connectivity index (χ1v) is 7.20. The molecule has 0 bridgehead atoms. The topological polar surface area (TPSA) is 52.6 Å². The number of hydrogen-bond donors (Lipinski definition) is 0. The van der Waals surface area contributed by atoms with E-state index in [9.17, 15) is 9.59 Å². The molecule has 0 saturated carbocycles. The van der Waals surface area contributed by atoms with Crippen LogP contribution in [-0.2, 0) is 25.5 Å². The van der Waals surface area contributed by atoms with E-state index < -0.39 is 17.4 Å². The van der Waals surface area contributed by atoms with E-state index in [0.29, 0.717) is 24.0 Å². The van der Waals surface area contributed by atoms with Crippen LogP contribution in [0.4, 0.5) is 0 Å². The minimum absolute atomic E-state index is 0.108. The first-order chi connectivity index (χ1) is 11.1. The molecule has 0 amide bonds. The molecule has 0 radical (unpaired) electrons. The zero-order valence-corrected chi connectivity index (χ0v) is 13.4. The van der Waals surface area contributed by atoms with Crippen molar-refractivity contribution in [2.75, 3.05) is 14.2 Å². The Bertz CT molecular complexity index is 630. The molecule has 1 rings (SSSR count). The van der Waals surface area contributed by atoms with Crippen LogP contribution in [0, 0.1) is 30.1 Å². The molecular formula is C19H20O4. The summed E-state index contributed by atoms with van der Waals surface area (Å²) < 4.78 is 9.74. The zero-order valence-electron chi connectivity index (χ0n) is 13.4. The number of rotatable bonds is 7. The maximum absolute atomic E-state index is 12.4. The van der Waals surface area contributed by atoms with E-state index in [-0.39, 0.29) is 12.8 Å². The lowest BCUT2D eigenvalue weighted by Gasteiger charge is -2.28. The van der Waals surface area contributed by atoms with Crippen molar-refractivity contribution in [2.24, 2.45) is 5.41 Å². The Labute approximate surface area is 137 Å². The van der Waals surface area contributed by atoms with Gasteiger partial charge in [-0.15, -0.1) is 18.8 Å². The fourth-order valence-corrected chi connectivity index (χ4v) is 2.54. The fraction of sp³-hybridized carbons (Fsp3) is 0.368. The number of ether oxygens (including phenoxy) is 2. The van der Waals surface area contributed by atoms with Crippen molar-refractivity contribution in [1.29, 1.82) is 0 Å². The predicted molar refractivity (Wildman–Crippen MR) is 87.2 cm³/mol. The Morgan fingerprint density at radius 2 is 1.74 bits per heavy atom. The summed E-state index contributed by atoms with van der Waals surface area (Å²) in [6.45, 7) is 0. The molecule has 0 unspecified atom stereocenters. The SMILES string of the molecule is C#CCCCC(Cc1ccccc1C#C)(C(=O)OC)C(=O)OC. The first kappa shape index (κ1) is 18.3. The average Bonchev–Trinajstić information content (AvgIpc) is 2.59. The van der Waals surface area contributed by atoms with Crippen LogP contribution in [0.3, 0.4) is 0 Å². The highest BCUT2D eigenvalue weighted by Crippen LogP contribution is 2.33. The quantitative estimate of drug-likeness (QED) is 0.336. The summed E-state index contributed by atoms with van der Waals surface area (Å²) in [5.41, 5.74) is -0.110. The van der Waals surface area contributed by atoms with E-state index in [4.69, 9.17) is 22.3 Å². The van der Waals surface area contributed by atoms with Gasteiger partial charge in [-0.25, -0.2) is 0 Å². The maximum Gasteiger partial charge on any atom is 0.323 e. The second kappa shape index (κ2) is 8.66. The third-order valence-corrected chi connectivity index (χ3v) is 3.74. The van der Waals surface area contributed by atoms with Gasteiger partial charge in [0.05, 0.1) is 14.2 Å². The van der Waals surface area contributed by atoms with Crippen LogP contribution >= 0.6 is 0 Å². The summed E-state index contributed by atoms with van der Waals surface area (Å²) in [6.07, 6.45) is 12.1. The van der Waals surface area contributed by atoms with Crippen LogP contribution < -0.4 is 0 Å². The van der Waals surface area contributed by atoms with E-state index in [1.807, 2.05) is 0 Å². The lowest BCUT2D eigenvalue weighted by atomic mass is 9.76. The van der Waals surface area contributed by atoms with Crippen LogP contribution in [0.5, 0.6) is 0 Å². The van der Waals surface area contributed by atoms with E-state index in [1.54, 1.807) is 24.3 Å². The Kier molecular flexibility index (Phi) is 6.90. The summed E-state index contributed by atoms with van der Waals surface area (Å²) in [7, 11) is 2.49. The molecule has 23 heavy (non-hydrogen) atoms. The zero-order chi connectivity index (χ0) is 17.3. The van der Waals surface area contributed by atoms with Gasteiger partial charge >= 0.3 is 11.9 Å². The molecular weight excluding hydrogens is 292 g/mol. The predicted octanol–water partition coefficient (Wildman–Crippen LogP) is 2.35. The standard InChI is InChI=1S/C19H20O4/c1-5-7-10-13-19(17(20)22-3,18(21)23-4)14-16-12-9-8-11-15(16)6-2/h1-2,8-9,11-12H,7,10,13-14H2,3-4H3. The number of benzene rings is 1. The molecule has 1 aromatic rings. The Balaban J connectivity index is 3.30. The third-order valence-electron chi connectivity index (χ3n) is 3.74. The largest absolute Gasteiger partial charge is 0.468 e. The van der Waals surface area contributed by atoms with E-state index in [2.05, 4.69) is 11.8 Å². The molecule has 0 aliphatic carbocycles. The molecule has 0 aliphatic heterocycles. The number of terminal acetylenes is 2. The van der Waals surface area contributed by atoms with Gasteiger partial charge in [0, 0.05) is 18.4 Å². The summed E-state index contributed by atoms with van der Waals surface area (Å²) in [6, 6.07) is 7.15. The van der Waals surface area contributed by atoms with E-state index >= 15 is 0 Å². The van der Waals surface area contributed by atoms with Gasteiger partial charge in [-0.2, -0.15) is 0 Å².